The first kappa shape index (κ1) is 30.5. The number of para-hydroxylation sites is 1. The molecule has 41 heavy (non-hydrogen) atoms. The predicted molar refractivity (Wildman–Crippen MR) is 157 cm³/mol. The number of hydrogen-bond acceptors (Lipinski definition) is 5. The van der Waals surface area contributed by atoms with Crippen LogP contribution in [0.1, 0.15) is 57.9 Å². The predicted octanol–water partition coefficient (Wildman–Crippen LogP) is 5.38. The number of piperidine rings is 1. The summed E-state index contributed by atoms with van der Waals surface area (Å²) in [5.41, 5.74) is 1.91. The lowest BCUT2D eigenvalue weighted by atomic mass is 9.71. The maximum atomic E-state index is 13.3. The highest BCUT2D eigenvalue weighted by Gasteiger charge is 2.62. The fourth-order valence-corrected chi connectivity index (χ4v) is 6.60. The highest BCUT2D eigenvalue weighted by molar-refractivity contribution is 6.06. The highest BCUT2D eigenvalue weighted by Crippen LogP contribution is 2.47. The first-order chi connectivity index (χ1) is 19.7. The summed E-state index contributed by atoms with van der Waals surface area (Å²) in [4.78, 5) is 37.2. The summed E-state index contributed by atoms with van der Waals surface area (Å²) in [5, 5.41) is 15.6. The van der Waals surface area contributed by atoms with E-state index in [-0.39, 0.29) is 17.6 Å². The maximum Gasteiger partial charge on any atom is 0.328 e. The monoisotopic (exact) mass is 562 g/mol. The van der Waals surface area contributed by atoms with Crippen molar-refractivity contribution in [1.29, 1.82) is 0 Å². The molecule has 1 atom stereocenters. The lowest BCUT2D eigenvalue weighted by Gasteiger charge is -2.60. The molecule has 2 aliphatic heterocycles. The number of ether oxygens (including phenoxy) is 1. The number of amides is 1. The van der Waals surface area contributed by atoms with E-state index in [1.54, 1.807) is 0 Å². The van der Waals surface area contributed by atoms with Crippen molar-refractivity contribution in [1.82, 2.24) is 4.90 Å². The third-order valence-corrected chi connectivity index (χ3v) is 8.88. The van der Waals surface area contributed by atoms with Crippen LogP contribution in [-0.2, 0) is 25.7 Å². The van der Waals surface area contributed by atoms with E-state index in [2.05, 4.69) is 47.9 Å². The Morgan fingerprint density at radius 1 is 0.902 bits per heavy atom. The molecular weight excluding hydrogens is 520 g/mol. The van der Waals surface area contributed by atoms with E-state index in [4.69, 9.17) is 14.9 Å². The number of hydrogen-bond donors (Lipinski definition) is 2. The minimum absolute atomic E-state index is 0.114. The SMILES string of the molecule is CC(C)[C@H]1CC[C@@H](N2CCC3(CC2)C(OCc2ccccc2)C(=O)N3c2ccccc2)CC1.O=C(O)C=CC(=O)O. The number of carboxylic acid groups (broad SMARTS) is 2. The zero-order chi connectivity index (χ0) is 29.4. The molecule has 2 N–H and O–H groups in total. The molecule has 1 spiro atoms. The van der Waals surface area contributed by atoms with Gasteiger partial charge in [0, 0.05) is 37.0 Å². The summed E-state index contributed by atoms with van der Waals surface area (Å²) in [6.45, 7) is 7.34. The van der Waals surface area contributed by atoms with Crippen LogP contribution in [0.2, 0.25) is 0 Å². The molecular formula is C33H42N2O6. The van der Waals surface area contributed by atoms with Gasteiger partial charge in [-0.05, 0) is 68.1 Å². The summed E-state index contributed by atoms with van der Waals surface area (Å²) in [7, 11) is 0. The first-order valence-corrected chi connectivity index (χ1v) is 14.6. The Morgan fingerprint density at radius 2 is 1.44 bits per heavy atom. The molecule has 1 unspecified atom stereocenters. The van der Waals surface area contributed by atoms with Gasteiger partial charge in [-0.1, -0.05) is 62.4 Å². The third-order valence-electron chi connectivity index (χ3n) is 8.88. The van der Waals surface area contributed by atoms with E-state index >= 15 is 0 Å². The summed E-state index contributed by atoms with van der Waals surface area (Å²) < 4.78 is 6.33. The Bertz CT molecular complexity index is 1170. The Kier molecular flexibility index (Phi) is 10.3. The van der Waals surface area contributed by atoms with Gasteiger partial charge in [-0.25, -0.2) is 9.59 Å². The van der Waals surface area contributed by atoms with Gasteiger partial charge in [0.15, 0.2) is 6.10 Å². The van der Waals surface area contributed by atoms with Crippen LogP contribution in [0.3, 0.4) is 0 Å². The van der Waals surface area contributed by atoms with Crippen LogP contribution in [0.15, 0.2) is 72.8 Å². The molecule has 2 saturated heterocycles. The van der Waals surface area contributed by atoms with Gasteiger partial charge in [0.1, 0.15) is 0 Å². The smallest absolute Gasteiger partial charge is 0.328 e. The van der Waals surface area contributed by atoms with E-state index in [9.17, 15) is 14.4 Å². The average Bonchev–Trinajstić information content (AvgIpc) is 2.98. The van der Waals surface area contributed by atoms with Crippen LogP contribution in [-0.4, -0.2) is 63.7 Å². The maximum absolute atomic E-state index is 13.3. The molecule has 0 aromatic heterocycles. The van der Waals surface area contributed by atoms with Crippen LogP contribution in [0.4, 0.5) is 5.69 Å². The molecule has 0 radical (unpaired) electrons. The quantitative estimate of drug-likeness (QED) is 0.329. The number of carbonyl (C=O) groups excluding carboxylic acids is 1. The number of benzene rings is 2. The Hall–Kier alpha value is -3.49. The van der Waals surface area contributed by atoms with Crippen molar-refractivity contribution in [3.63, 3.8) is 0 Å². The van der Waals surface area contributed by atoms with E-state index < -0.39 is 11.9 Å². The van der Waals surface area contributed by atoms with E-state index in [0.717, 1.165) is 49.0 Å². The minimum atomic E-state index is -1.26. The summed E-state index contributed by atoms with van der Waals surface area (Å²) >= 11 is 0. The Morgan fingerprint density at radius 3 is 1.95 bits per heavy atom. The van der Waals surface area contributed by atoms with Gasteiger partial charge in [0.05, 0.1) is 12.1 Å². The van der Waals surface area contributed by atoms with Crippen molar-refractivity contribution < 1.29 is 29.3 Å². The molecule has 220 valence electrons. The lowest BCUT2D eigenvalue weighted by Crippen LogP contribution is -2.78. The molecule has 2 aromatic carbocycles. The Balaban J connectivity index is 0.000000426. The summed E-state index contributed by atoms with van der Waals surface area (Å²) in [6, 6.07) is 21.1. The van der Waals surface area contributed by atoms with Crippen molar-refractivity contribution in [3.8, 4) is 0 Å². The van der Waals surface area contributed by atoms with Gasteiger partial charge >= 0.3 is 11.9 Å². The number of likely N-dealkylation sites (tertiary alicyclic amines) is 1. The van der Waals surface area contributed by atoms with Crippen molar-refractivity contribution in [2.24, 2.45) is 11.8 Å². The second-order valence-corrected chi connectivity index (χ2v) is 11.6. The van der Waals surface area contributed by atoms with Gasteiger partial charge in [0.2, 0.25) is 0 Å². The van der Waals surface area contributed by atoms with Crippen LogP contribution >= 0.6 is 0 Å². The second-order valence-electron chi connectivity index (χ2n) is 11.6. The number of aliphatic carboxylic acids is 2. The molecule has 2 aromatic rings. The van der Waals surface area contributed by atoms with Crippen molar-refractivity contribution in [3.05, 3.63) is 78.4 Å². The summed E-state index contributed by atoms with van der Waals surface area (Å²) in [6.07, 6.45) is 8.11. The molecule has 1 aliphatic carbocycles. The Labute approximate surface area is 242 Å². The average molecular weight is 563 g/mol. The number of rotatable bonds is 8. The number of anilines is 1. The molecule has 0 bridgehead atoms. The van der Waals surface area contributed by atoms with Crippen LogP contribution in [0.25, 0.3) is 0 Å². The standard InChI is InChI=1S/C29H38N2O2.C4H4O4/c1-22(2)24-13-15-25(16-14-24)30-19-17-29(18-20-30)27(33-21-23-9-5-3-6-10-23)28(32)31(29)26-11-7-4-8-12-26;5-3(6)1-2-4(7)8/h3-12,22,24-25,27H,13-21H2,1-2H3;1-2H,(H,5,6)(H,7,8)/t24-,25+,27?;. The number of β-lactam (4-membered cyclic amide) rings is 1. The van der Waals surface area contributed by atoms with Gasteiger partial charge < -0.3 is 24.7 Å². The molecule has 1 amide bonds. The number of carbonyl (C=O) groups is 3. The zero-order valence-corrected chi connectivity index (χ0v) is 24.0. The van der Waals surface area contributed by atoms with E-state index in [0.29, 0.717) is 24.8 Å². The fraction of sp³-hybridized carbons (Fsp3) is 0.485. The van der Waals surface area contributed by atoms with Crippen LogP contribution < -0.4 is 4.90 Å². The molecule has 3 fully saturated rings. The summed E-state index contributed by atoms with van der Waals surface area (Å²) in [5.74, 6) is -0.702. The molecule has 2 heterocycles. The van der Waals surface area contributed by atoms with Crippen molar-refractivity contribution in [2.75, 3.05) is 18.0 Å². The lowest BCUT2D eigenvalue weighted by molar-refractivity contribution is -0.157. The van der Waals surface area contributed by atoms with Gasteiger partial charge in [-0.2, -0.15) is 0 Å². The first-order valence-electron chi connectivity index (χ1n) is 14.6. The topological polar surface area (TPSA) is 107 Å². The van der Waals surface area contributed by atoms with Gasteiger partial charge in [0.25, 0.3) is 5.91 Å². The highest BCUT2D eigenvalue weighted by atomic mass is 16.5. The van der Waals surface area contributed by atoms with E-state index in [1.165, 1.54) is 25.7 Å². The van der Waals surface area contributed by atoms with E-state index in [1.807, 2.05) is 36.4 Å². The van der Waals surface area contributed by atoms with Crippen molar-refractivity contribution >= 4 is 23.5 Å². The fourth-order valence-electron chi connectivity index (χ4n) is 6.60. The van der Waals surface area contributed by atoms with Gasteiger partial charge in [-0.3, -0.25) is 4.79 Å². The molecule has 1 saturated carbocycles. The third kappa shape index (κ3) is 7.43. The van der Waals surface area contributed by atoms with Crippen molar-refractivity contribution in [2.45, 2.75) is 76.7 Å². The minimum Gasteiger partial charge on any atom is -0.478 e. The molecule has 5 rings (SSSR count). The molecule has 3 aliphatic rings. The van der Waals surface area contributed by atoms with Gasteiger partial charge in [-0.15, -0.1) is 0 Å². The van der Waals surface area contributed by atoms with Crippen LogP contribution in [0.5, 0.6) is 0 Å². The number of nitrogens with zero attached hydrogens (tertiary/aromatic N) is 2. The molecule has 8 heteroatoms. The molecule has 8 nitrogen and oxygen atoms in total. The second kappa shape index (κ2) is 13.9. The normalized spacial score (nSPS) is 24.1. The van der Waals surface area contributed by atoms with Crippen LogP contribution in [0, 0.1) is 11.8 Å². The largest absolute Gasteiger partial charge is 0.478 e. The zero-order valence-electron chi connectivity index (χ0n) is 24.0. The number of carboxylic acids is 2.